The second kappa shape index (κ2) is 8.17. The van der Waals surface area contributed by atoms with E-state index in [4.69, 9.17) is 4.74 Å². The van der Waals surface area contributed by atoms with Crippen LogP contribution in [-0.2, 0) is 4.74 Å². The molecule has 1 aliphatic rings. The Morgan fingerprint density at radius 1 is 1.16 bits per heavy atom. The number of aromatic hydroxyl groups is 1. The van der Waals surface area contributed by atoms with Gasteiger partial charge in [-0.2, -0.15) is 0 Å². The summed E-state index contributed by atoms with van der Waals surface area (Å²) in [7, 11) is 1.70. The van der Waals surface area contributed by atoms with Crippen LogP contribution < -0.4 is 0 Å². The molecule has 0 spiro atoms. The van der Waals surface area contributed by atoms with Crippen LogP contribution in [0.3, 0.4) is 0 Å². The molecule has 25 heavy (non-hydrogen) atoms. The Bertz CT molecular complexity index is 711. The smallest absolute Gasteiger partial charge is 0.254 e. The fraction of sp³-hybridized carbons (Fsp3) is 0.381. The first-order chi connectivity index (χ1) is 12.2. The Hall–Kier alpha value is -2.33. The topological polar surface area (TPSA) is 49.8 Å². The summed E-state index contributed by atoms with van der Waals surface area (Å²) in [6, 6.07) is 15.0. The van der Waals surface area contributed by atoms with Crippen molar-refractivity contribution < 1.29 is 14.6 Å². The van der Waals surface area contributed by atoms with Crippen LogP contribution in [0.5, 0.6) is 5.75 Å². The van der Waals surface area contributed by atoms with E-state index < -0.39 is 0 Å². The second-order valence-corrected chi connectivity index (χ2v) is 6.56. The van der Waals surface area contributed by atoms with Crippen molar-refractivity contribution in [2.45, 2.75) is 31.7 Å². The number of methoxy groups -OCH3 is 1. The van der Waals surface area contributed by atoms with E-state index in [0.29, 0.717) is 6.61 Å². The number of rotatable bonds is 5. The van der Waals surface area contributed by atoms with Crippen LogP contribution in [0.15, 0.2) is 48.5 Å². The lowest BCUT2D eigenvalue weighted by Crippen LogP contribution is -2.44. The average Bonchev–Trinajstić information content (AvgIpc) is 2.67. The summed E-state index contributed by atoms with van der Waals surface area (Å²) in [5.41, 5.74) is 2.69. The van der Waals surface area contributed by atoms with E-state index in [9.17, 15) is 9.90 Å². The summed E-state index contributed by atoms with van der Waals surface area (Å²) in [4.78, 5) is 15.1. The number of phenols is 1. The summed E-state index contributed by atoms with van der Waals surface area (Å²) in [5, 5.41) is 9.45. The summed E-state index contributed by atoms with van der Waals surface area (Å²) in [6.07, 6.45) is 4.17. The monoisotopic (exact) mass is 339 g/mol. The van der Waals surface area contributed by atoms with E-state index in [1.54, 1.807) is 19.2 Å². The Labute approximate surface area is 149 Å². The van der Waals surface area contributed by atoms with Crippen LogP contribution in [0, 0.1) is 0 Å². The molecule has 0 radical (unpaired) electrons. The van der Waals surface area contributed by atoms with Gasteiger partial charge >= 0.3 is 0 Å². The average molecular weight is 339 g/mol. The van der Waals surface area contributed by atoms with E-state index in [0.717, 1.165) is 42.5 Å². The lowest BCUT2D eigenvalue weighted by Gasteiger charge is -2.36. The summed E-state index contributed by atoms with van der Waals surface area (Å²) >= 11 is 0. The fourth-order valence-corrected chi connectivity index (χ4v) is 3.47. The minimum atomic E-state index is 0.0985. The zero-order valence-corrected chi connectivity index (χ0v) is 14.6. The van der Waals surface area contributed by atoms with Crippen LogP contribution >= 0.6 is 0 Å². The standard InChI is InChI=1S/C21H25NO3/c1-25-14-12-19-7-2-3-13-22(19)21(24)18-6-4-5-17(15-18)16-8-10-20(23)11-9-16/h4-6,8-11,15,19,23H,2-3,7,12-14H2,1H3/t19-/m1/s1. The molecule has 1 atom stereocenters. The zero-order chi connectivity index (χ0) is 17.6. The number of nitrogens with zero attached hydrogens (tertiary/aromatic N) is 1. The van der Waals surface area contributed by atoms with Gasteiger partial charge in [0.1, 0.15) is 5.75 Å². The quantitative estimate of drug-likeness (QED) is 0.892. The van der Waals surface area contributed by atoms with Crippen molar-refractivity contribution in [3.05, 3.63) is 54.1 Å². The SMILES string of the molecule is COCC[C@H]1CCCCN1C(=O)c1cccc(-c2ccc(O)cc2)c1. The van der Waals surface area contributed by atoms with Crippen molar-refractivity contribution >= 4 is 5.91 Å². The van der Waals surface area contributed by atoms with Crippen molar-refractivity contribution in [2.24, 2.45) is 0 Å². The van der Waals surface area contributed by atoms with Gasteiger partial charge in [-0.05, 0) is 61.1 Å². The molecule has 1 heterocycles. The highest BCUT2D eigenvalue weighted by Gasteiger charge is 2.27. The maximum atomic E-state index is 13.1. The fourth-order valence-electron chi connectivity index (χ4n) is 3.47. The van der Waals surface area contributed by atoms with Crippen molar-refractivity contribution in [1.29, 1.82) is 0 Å². The van der Waals surface area contributed by atoms with E-state index in [-0.39, 0.29) is 17.7 Å². The van der Waals surface area contributed by atoms with Gasteiger partial charge < -0.3 is 14.7 Å². The highest BCUT2D eigenvalue weighted by molar-refractivity contribution is 5.95. The lowest BCUT2D eigenvalue weighted by molar-refractivity contribution is 0.0553. The maximum Gasteiger partial charge on any atom is 0.254 e. The molecule has 132 valence electrons. The van der Waals surface area contributed by atoms with Crippen molar-refractivity contribution in [1.82, 2.24) is 4.90 Å². The van der Waals surface area contributed by atoms with Gasteiger partial charge in [-0.15, -0.1) is 0 Å². The Morgan fingerprint density at radius 2 is 1.96 bits per heavy atom. The van der Waals surface area contributed by atoms with Gasteiger partial charge in [0, 0.05) is 31.9 Å². The molecule has 1 amide bonds. The summed E-state index contributed by atoms with van der Waals surface area (Å²) in [6.45, 7) is 1.50. The predicted octanol–water partition coefficient (Wildman–Crippen LogP) is 4.09. The largest absolute Gasteiger partial charge is 0.508 e. The molecule has 0 aromatic heterocycles. The molecule has 4 heteroatoms. The van der Waals surface area contributed by atoms with Gasteiger partial charge in [0.05, 0.1) is 0 Å². The molecule has 0 aliphatic carbocycles. The number of carbonyl (C=O) groups excluding carboxylic acids is 1. The predicted molar refractivity (Wildman–Crippen MR) is 98.7 cm³/mol. The van der Waals surface area contributed by atoms with Gasteiger partial charge in [-0.1, -0.05) is 24.3 Å². The molecule has 4 nitrogen and oxygen atoms in total. The number of hydrogen-bond acceptors (Lipinski definition) is 3. The molecule has 1 saturated heterocycles. The first-order valence-corrected chi connectivity index (χ1v) is 8.88. The van der Waals surface area contributed by atoms with Crippen LogP contribution in [0.2, 0.25) is 0 Å². The molecule has 0 unspecified atom stereocenters. The molecular weight excluding hydrogens is 314 g/mol. The molecular formula is C21H25NO3. The highest BCUT2D eigenvalue weighted by atomic mass is 16.5. The number of phenolic OH excluding ortho intramolecular Hbond substituents is 1. The van der Waals surface area contributed by atoms with E-state index in [2.05, 4.69) is 0 Å². The maximum absolute atomic E-state index is 13.1. The number of ether oxygens (including phenoxy) is 1. The van der Waals surface area contributed by atoms with Crippen LogP contribution in [0.4, 0.5) is 0 Å². The van der Waals surface area contributed by atoms with E-state index >= 15 is 0 Å². The normalized spacial score (nSPS) is 17.5. The summed E-state index contributed by atoms with van der Waals surface area (Å²) < 4.78 is 5.21. The lowest BCUT2D eigenvalue weighted by atomic mass is 9.97. The van der Waals surface area contributed by atoms with E-state index in [1.165, 1.54) is 6.42 Å². The molecule has 2 aromatic rings. The number of carbonyl (C=O) groups is 1. The van der Waals surface area contributed by atoms with Crippen LogP contribution in [-0.4, -0.2) is 42.2 Å². The molecule has 1 fully saturated rings. The van der Waals surface area contributed by atoms with Gasteiger partial charge in [0.15, 0.2) is 0 Å². The number of benzene rings is 2. The number of piperidine rings is 1. The number of likely N-dealkylation sites (tertiary alicyclic amines) is 1. The third-order valence-electron chi connectivity index (χ3n) is 4.85. The molecule has 1 aliphatic heterocycles. The highest BCUT2D eigenvalue weighted by Crippen LogP contribution is 2.26. The van der Waals surface area contributed by atoms with E-state index in [1.807, 2.05) is 41.3 Å². The van der Waals surface area contributed by atoms with Crippen molar-refractivity contribution in [3.8, 4) is 16.9 Å². The summed E-state index contributed by atoms with van der Waals surface area (Å²) in [5.74, 6) is 0.340. The minimum Gasteiger partial charge on any atom is -0.508 e. The van der Waals surface area contributed by atoms with Gasteiger partial charge in [-0.25, -0.2) is 0 Å². The third-order valence-corrected chi connectivity index (χ3v) is 4.85. The Morgan fingerprint density at radius 3 is 2.72 bits per heavy atom. The van der Waals surface area contributed by atoms with Gasteiger partial charge in [0.25, 0.3) is 5.91 Å². The zero-order valence-electron chi connectivity index (χ0n) is 14.6. The third kappa shape index (κ3) is 4.20. The Balaban J connectivity index is 1.81. The number of hydrogen-bond donors (Lipinski definition) is 1. The van der Waals surface area contributed by atoms with Crippen molar-refractivity contribution in [2.75, 3.05) is 20.3 Å². The Kier molecular flexibility index (Phi) is 5.71. The van der Waals surface area contributed by atoms with Crippen molar-refractivity contribution in [3.63, 3.8) is 0 Å². The first kappa shape index (κ1) is 17.5. The number of amides is 1. The molecule has 2 aromatic carbocycles. The van der Waals surface area contributed by atoms with Gasteiger partial charge in [-0.3, -0.25) is 4.79 Å². The first-order valence-electron chi connectivity index (χ1n) is 8.88. The van der Waals surface area contributed by atoms with Crippen LogP contribution in [0.1, 0.15) is 36.0 Å². The second-order valence-electron chi connectivity index (χ2n) is 6.56. The van der Waals surface area contributed by atoms with Gasteiger partial charge in [0.2, 0.25) is 0 Å². The molecule has 0 bridgehead atoms. The molecule has 3 rings (SSSR count). The molecule has 1 N–H and O–H groups in total. The minimum absolute atomic E-state index is 0.0985. The van der Waals surface area contributed by atoms with Crippen LogP contribution in [0.25, 0.3) is 11.1 Å². The molecule has 0 saturated carbocycles.